The number of pyridine rings is 1. The van der Waals surface area contributed by atoms with Crippen LogP contribution in [0.5, 0.6) is 11.5 Å². The lowest BCUT2D eigenvalue weighted by Crippen LogP contribution is -1.90. The Labute approximate surface area is 115 Å². The number of hydrogen-bond acceptors (Lipinski definition) is 3. The molecule has 4 nitrogen and oxygen atoms in total. The third-order valence-corrected chi connectivity index (χ3v) is 2.53. The molecule has 0 fully saturated rings. The predicted octanol–water partition coefficient (Wildman–Crippen LogP) is 3.42. The monoisotopic (exact) mass is 273 g/mol. The lowest BCUT2D eigenvalue weighted by atomic mass is 10.2. The number of carboxylic acids is 1. The van der Waals surface area contributed by atoms with E-state index in [0.29, 0.717) is 22.6 Å². The molecular formula is C15H12FNO3. The van der Waals surface area contributed by atoms with Crippen molar-refractivity contribution in [2.24, 2.45) is 0 Å². The van der Waals surface area contributed by atoms with Gasteiger partial charge in [-0.05, 0) is 36.3 Å². The summed E-state index contributed by atoms with van der Waals surface area (Å²) in [6, 6.07) is 6.17. The second-order valence-corrected chi connectivity index (χ2v) is 4.14. The van der Waals surface area contributed by atoms with Crippen molar-refractivity contribution in [2.75, 3.05) is 0 Å². The third-order valence-electron chi connectivity index (χ3n) is 2.53. The molecule has 0 radical (unpaired) electrons. The number of halogens is 1. The van der Waals surface area contributed by atoms with E-state index < -0.39 is 5.97 Å². The average molecular weight is 273 g/mol. The van der Waals surface area contributed by atoms with Crippen LogP contribution < -0.4 is 4.74 Å². The number of carbonyl (C=O) groups is 1. The first kappa shape index (κ1) is 13.7. The minimum Gasteiger partial charge on any atom is -0.478 e. The van der Waals surface area contributed by atoms with E-state index >= 15 is 0 Å². The van der Waals surface area contributed by atoms with E-state index in [1.54, 1.807) is 25.1 Å². The van der Waals surface area contributed by atoms with Crippen LogP contribution in [0.3, 0.4) is 0 Å². The van der Waals surface area contributed by atoms with Crippen LogP contribution in [0.4, 0.5) is 4.39 Å². The SMILES string of the molecule is Cc1ccc(Oc2cncc(/C=C/C(=O)O)c2)cc1F. The normalized spacial score (nSPS) is 10.7. The number of carboxylic acid groups (broad SMARTS) is 1. The van der Waals surface area contributed by atoms with Gasteiger partial charge in [-0.25, -0.2) is 9.18 Å². The number of aliphatic carboxylic acids is 1. The zero-order chi connectivity index (χ0) is 14.5. The number of rotatable bonds is 4. The lowest BCUT2D eigenvalue weighted by Gasteiger charge is -2.06. The Kier molecular flexibility index (Phi) is 4.10. The quantitative estimate of drug-likeness (QED) is 0.867. The largest absolute Gasteiger partial charge is 0.478 e. The molecule has 1 N–H and O–H groups in total. The molecule has 5 heteroatoms. The lowest BCUT2D eigenvalue weighted by molar-refractivity contribution is -0.131. The van der Waals surface area contributed by atoms with Crippen LogP contribution in [-0.2, 0) is 4.79 Å². The molecule has 0 unspecified atom stereocenters. The van der Waals surface area contributed by atoms with Gasteiger partial charge in [-0.3, -0.25) is 4.98 Å². The van der Waals surface area contributed by atoms with Crippen LogP contribution in [-0.4, -0.2) is 16.1 Å². The van der Waals surface area contributed by atoms with Gasteiger partial charge in [0.25, 0.3) is 0 Å². The highest BCUT2D eigenvalue weighted by atomic mass is 19.1. The Hall–Kier alpha value is -2.69. The minimum absolute atomic E-state index is 0.350. The van der Waals surface area contributed by atoms with Crippen LogP contribution in [0.15, 0.2) is 42.7 Å². The highest BCUT2D eigenvalue weighted by Crippen LogP contribution is 2.23. The van der Waals surface area contributed by atoms with Gasteiger partial charge in [0.1, 0.15) is 17.3 Å². The van der Waals surface area contributed by atoms with Crippen molar-refractivity contribution in [3.05, 3.63) is 59.7 Å². The van der Waals surface area contributed by atoms with Crippen molar-refractivity contribution >= 4 is 12.0 Å². The fraction of sp³-hybridized carbons (Fsp3) is 0.0667. The number of nitrogens with zero attached hydrogens (tertiary/aromatic N) is 1. The molecule has 0 aliphatic heterocycles. The summed E-state index contributed by atoms with van der Waals surface area (Å²) >= 11 is 0. The number of aromatic nitrogens is 1. The summed E-state index contributed by atoms with van der Waals surface area (Å²) in [4.78, 5) is 14.4. The number of aryl methyl sites for hydroxylation is 1. The van der Waals surface area contributed by atoms with Crippen molar-refractivity contribution in [2.45, 2.75) is 6.92 Å². The molecule has 2 aromatic rings. The molecule has 102 valence electrons. The summed E-state index contributed by atoms with van der Waals surface area (Å²) in [7, 11) is 0. The Morgan fingerprint density at radius 2 is 2.10 bits per heavy atom. The van der Waals surface area contributed by atoms with Crippen LogP contribution >= 0.6 is 0 Å². The van der Waals surface area contributed by atoms with Crippen LogP contribution in [0.2, 0.25) is 0 Å². The number of benzene rings is 1. The summed E-state index contributed by atoms with van der Waals surface area (Å²) in [5.74, 6) is -0.635. The van der Waals surface area contributed by atoms with Crippen LogP contribution in [0, 0.1) is 12.7 Å². The van der Waals surface area contributed by atoms with Gasteiger partial charge < -0.3 is 9.84 Å². The summed E-state index contributed by atoms with van der Waals surface area (Å²) in [5.41, 5.74) is 1.12. The van der Waals surface area contributed by atoms with E-state index in [2.05, 4.69) is 4.98 Å². The van der Waals surface area contributed by atoms with Gasteiger partial charge in [-0.1, -0.05) is 6.07 Å². The van der Waals surface area contributed by atoms with Crippen LogP contribution in [0.25, 0.3) is 6.08 Å². The molecule has 1 heterocycles. The molecule has 0 atom stereocenters. The van der Waals surface area contributed by atoms with Crippen molar-refractivity contribution < 1.29 is 19.0 Å². The standard InChI is InChI=1S/C15H12FNO3/c1-10-2-4-12(7-14(10)16)20-13-6-11(8-17-9-13)3-5-15(18)19/h2-9H,1H3,(H,18,19)/b5-3+. The van der Waals surface area contributed by atoms with Crippen molar-refractivity contribution in [1.29, 1.82) is 0 Å². The van der Waals surface area contributed by atoms with E-state index in [4.69, 9.17) is 9.84 Å². The first-order chi connectivity index (χ1) is 9.54. The molecule has 0 saturated carbocycles. The molecular weight excluding hydrogens is 261 g/mol. The van der Waals surface area contributed by atoms with Gasteiger partial charge in [0.2, 0.25) is 0 Å². The van der Waals surface area contributed by atoms with Crippen molar-refractivity contribution in [1.82, 2.24) is 4.98 Å². The van der Waals surface area contributed by atoms with E-state index in [0.717, 1.165) is 6.08 Å². The molecule has 0 bridgehead atoms. The molecule has 0 amide bonds. The first-order valence-electron chi connectivity index (χ1n) is 5.84. The number of ether oxygens (including phenoxy) is 1. The zero-order valence-electron chi connectivity index (χ0n) is 10.7. The molecule has 0 spiro atoms. The fourth-order valence-electron chi connectivity index (χ4n) is 1.52. The topological polar surface area (TPSA) is 59.4 Å². The molecule has 0 aliphatic rings. The van der Waals surface area contributed by atoms with Crippen molar-refractivity contribution in [3.63, 3.8) is 0 Å². The van der Waals surface area contributed by atoms with E-state index in [1.165, 1.54) is 24.5 Å². The fourth-order valence-corrected chi connectivity index (χ4v) is 1.52. The van der Waals surface area contributed by atoms with Crippen molar-refractivity contribution in [3.8, 4) is 11.5 Å². The zero-order valence-corrected chi connectivity index (χ0v) is 10.7. The maximum absolute atomic E-state index is 13.4. The second kappa shape index (κ2) is 5.97. The van der Waals surface area contributed by atoms with Gasteiger partial charge in [0.05, 0.1) is 6.20 Å². The summed E-state index contributed by atoms with van der Waals surface area (Å²) in [5, 5.41) is 8.56. The van der Waals surface area contributed by atoms with Gasteiger partial charge in [-0.15, -0.1) is 0 Å². The highest BCUT2D eigenvalue weighted by molar-refractivity contribution is 5.85. The highest BCUT2D eigenvalue weighted by Gasteiger charge is 2.02. The molecule has 20 heavy (non-hydrogen) atoms. The Morgan fingerprint density at radius 1 is 1.30 bits per heavy atom. The number of hydrogen-bond donors (Lipinski definition) is 1. The third kappa shape index (κ3) is 3.65. The smallest absolute Gasteiger partial charge is 0.328 e. The molecule has 2 rings (SSSR count). The van der Waals surface area contributed by atoms with E-state index in [1.807, 2.05) is 0 Å². The van der Waals surface area contributed by atoms with E-state index in [-0.39, 0.29) is 5.82 Å². The van der Waals surface area contributed by atoms with Gasteiger partial charge >= 0.3 is 5.97 Å². The summed E-state index contributed by atoms with van der Waals surface area (Å²) in [6.07, 6.45) is 5.38. The summed E-state index contributed by atoms with van der Waals surface area (Å²) < 4.78 is 18.9. The Balaban J connectivity index is 2.19. The predicted molar refractivity (Wildman–Crippen MR) is 72.1 cm³/mol. The minimum atomic E-state index is -1.04. The maximum Gasteiger partial charge on any atom is 0.328 e. The average Bonchev–Trinajstić information content (AvgIpc) is 2.41. The maximum atomic E-state index is 13.4. The Bertz CT molecular complexity index is 668. The summed E-state index contributed by atoms with van der Waals surface area (Å²) in [6.45, 7) is 1.66. The first-order valence-corrected chi connectivity index (χ1v) is 5.84. The van der Waals surface area contributed by atoms with Gasteiger partial charge in [0, 0.05) is 18.3 Å². The molecule has 1 aromatic heterocycles. The molecule has 1 aromatic carbocycles. The molecule has 0 saturated heterocycles. The Morgan fingerprint density at radius 3 is 2.80 bits per heavy atom. The van der Waals surface area contributed by atoms with Gasteiger partial charge in [-0.2, -0.15) is 0 Å². The van der Waals surface area contributed by atoms with Gasteiger partial charge in [0.15, 0.2) is 0 Å². The molecule has 0 aliphatic carbocycles. The van der Waals surface area contributed by atoms with E-state index in [9.17, 15) is 9.18 Å². The second-order valence-electron chi connectivity index (χ2n) is 4.14. The van der Waals surface area contributed by atoms with Crippen LogP contribution in [0.1, 0.15) is 11.1 Å².